The predicted octanol–water partition coefficient (Wildman–Crippen LogP) is 3.71. The minimum absolute atomic E-state index is 0.521. The Morgan fingerprint density at radius 3 is 2.00 bits per heavy atom. The lowest BCUT2D eigenvalue weighted by Crippen LogP contribution is -2.27. The van der Waals surface area contributed by atoms with Gasteiger partial charge in [-0.1, -0.05) is 60.7 Å². The van der Waals surface area contributed by atoms with E-state index in [-0.39, 0.29) is 0 Å². The van der Waals surface area contributed by atoms with Crippen LogP contribution in [0.15, 0.2) is 72.8 Å². The number of rotatable bonds is 5. The number of carboxylic acids is 1. The first-order valence-corrected chi connectivity index (χ1v) is 7.23. The Morgan fingerprint density at radius 1 is 0.909 bits per heavy atom. The van der Waals surface area contributed by atoms with Crippen molar-refractivity contribution in [3.05, 3.63) is 83.9 Å². The number of carboxylic acid groups (broad SMARTS) is 1. The maximum absolute atomic E-state index is 11.6. The van der Waals surface area contributed by atoms with Crippen LogP contribution < -0.4 is 5.32 Å². The highest BCUT2D eigenvalue weighted by Crippen LogP contribution is 2.28. The Labute approximate surface area is 129 Å². The molecular formula is C19H17NO2. The molecule has 2 aliphatic rings. The number of hydrogen-bond donors (Lipinski definition) is 2. The second-order valence-corrected chi connectivity index (χ2v) is 5.25. The molecule has 0 aliphatic heterocycles. The highest BCUT2D eigenvalue weighted by molar-refractivity contribution is 5.79. The van der Waals surface area contributed by atoms with E-state index in [1.807, 2.05) is 72.8 Å². The first-order chi connectivity index (χ1) is 10.7. The van der Waals surface area contributed by atoms with Crippen LogP contribution in [-0.2, 0) is 11.3 Å². The fourth-order valence-electron chi connectivity index (χ4n) is 2.57. The second-order valence-electron chi connectivity index (χ2n) is 5.25. The zero-order chi connectivity index (χ0) is 15.4. The molecule has 0 spiro atoms. The van der Waals surface area contributed by atoms with Gasteiger partial charge in [-0.15, -0.1) is 0 Å². The van der Waals surface area contributed by atoms with E-state index in [4.69, 9.17) is 0 Å². The van der Waals surface area contributed by atoms with Crippen LogP contribution in [0, 0.1) is 0 Å². The molecule has 0 saturated heterocycles. The SMILES string of the molecule is O=C(O)C(NCc1ccccc1)c1cc2cccccc-2c1. The van der Waals surface area contributed by atoms with E-state index in [0.717, 1.165) is 22.3 Å². The quantitative estimate of drug-likeness (QED) is 0.753. The molecule has 1 aromatic carbocycles. The van der Waals surface area contributed by atoms with Crippen LogP contribution in [-0.4, -0.2) is 11.1 Å². The van der Waals surface area contributed by atoms with Crippen molar-refractivity contribution in [2.45, 2.75) is 12.6 Å². The molecule has 0 saturated carbocycles. The molecule has 1 atom stereocenters. The predicted molar refractivity (Wildman–Crippen MR) is 86.7 cm³/mol. The normalized spacial score (nSPS) is 12.2. The molecule has 0 aromatic heterocycles. The van der Waals surface area contributed by atoms with Crippen LogP contribution >= 0.6 is 0 Å². The smallest absolute Gasteiger partial charge is 0.325 e. The Morgan fingerprint density at radius 2 is 1.45 bits per heavy atom. The fourth-order valence-corrected chi connectivity index (χ4v) is 2.57. The molecule has 22 heavy (non-hydrogen) atoms. The summed E-state index contributed by atoms with van der Waals surface area (Å²) in [5, 5.41) is 12.6. The van der Waals surface area contributed by atoms with E-state index in [0.29, 0.717) is 6.54 Å². The first kappa shape index (κ1) is 14.3. The van der Waals surface area contributed by atoms with Crippen LogP contribution in [0.1, 0.15) is 17.2 Å². The summed E-state index contributed by atoms with van der Waals surface area (Å²) in [6, 6.07) is 22.8. The van der Waals surface area contributed by atoms with Crippen molar-refractivity contribution in [2.75, 3.05) is 0 Å². The van der Waals surface area contributed by atoms with E-state index in [1.165, 1.54) is 0 Å². The molecule has 2 aliphatic carbocycles. The summed E-state index contributed by atoms with van der Waals surface area (Å²) in [4.78, 5) is 11.6. The molecule has 3 nitrogen and oxygen atoms in total. The zero-order valence-corrected chi connectivity index (χ0v) is 12.1. The number of hydrogen-bond acceptors (Lipinski definition) is 2. The van der Waals surface area contributed by atoms with Gasteiger partial charge in [0, 0.05) is 6.54 Å². The van der Waals surface area contributed by atoms with Crippen LogP contribution in [0.5, 0.6) is 0 Å². The average Bonchev–Trinajstić information content (AvgIpc) is 2.78. The molecule has 1 unspecified atom stereocenters. The summed E-state index contributed by atoms with van der Waals surface area (Å²) in [7, 11) is 0. The minimum atomic E-state index is -0.865. The van der Waals surface area contributed by atoms with Crippen molar-refractivity contribution in [1.82, 2.24) is 5.32 Å². The molecule has 110 valence electrons. The van der Waals surface area contributed by atoms with Gasteiger partial charge in [0.25, 0.3) is 0 Å². The van der Waals surface area contributed by atoms with Gasteiger partial charge in [-0.25, -0.2) is 0 Å². The van der Waals surface area contributed by atoms with Gasteiger partial charge in [-0.2, -0.15) is 0 Å². The van der Waals surface area contributed by atoms with Crippen molar-refractivity contribution >= 4 is 5.97 Å². The Kier molecular flexibility index (Phi) is 4.17. The van der Waals surface area contributed by atoms with Gasteiger partial charge in [0.1, 0.15) is 6.04 Å². The average molecular weight is 291 g/mol. The highest BCUT2D eigenvalue weighted by atomic mass is 16.4. The summed E-state index contributed by atoms with van der Waals surface area (Å²) < 4.78 is 0. The number of carbonyl (C=O) groups is 1. The lowest BCUT2D eigenvalue weighted by atomic mass is 10.1. The van der Waals surface area contributed by atoms with Gasteiger partial charge in [0.05, 0.1) is 0 Å². The molecule has 2 N–H and O–H groups in total. The highest BCUT2D eigenvalue weighted by Gasteiger charge is 2.21. The number of aliphatic carboxylic acids is 1. The standard InChI is InChI=1S/C19H17NO2/c21-19(22)18(20-13-14-7-3-1-4-8-14)17-11-15-9-5-2-6-10-16(15)12-17/h1-12,18,20H,13H2,(H,21,22). The maximum atomic E-state index is 11.6. The summed E-state index contributed by atoms with van der Waals surface area (Å²) in [5.74, 6) is -0.865. The Hall–Kier alpha value is -2.65. The van der Waals surface area contributed by atoms with Crippen LogP contribution in [0.25, 0.3) is 11.1 Å². The molecular weight excluding hydrogens is 274 g/mol. The lowest BCUT2D eigenvalue weighted by molar-refractivity contribution is -0.139. The summed E-state index contributed by atoms with van der Waals surface area (Å²) in [5.41, 5.74) is 3.95. The van der Waals surface area contributed by atoms with E-state index in [2.05, 4.69) is 5.32 Å². The largest absolute Gasteiger partial charge is 0.480 e. The maximum Gasteiger partial charge on any atom is 0.325 e. The van der Waals surface area contributed by atoms with Gasteiger partial charge in [0.15, 0.2) is 0 Å². The van der Waals surface area contributed by atoms with E-state index in [9.17, 15) is 9.90 Å². The third-order valence-electron chi connectivity index (χ3n) is 3.68. The Balaban J connectivity index is 1.84. The number of nitrogens with one attached hydrogen (secondary N) is 1. The van der Waals surface area contributed by atoms with Crippen LogP contribution in [0.2, 0.25) is 0 Å². The van der Waals surface area contributed by atoms with Gasteiger partial charge in [0.2, 0.25) is 0 Å². The molecule has 3 heteroatoms. The number of benzene rings is 1. The third kappa shape index (κ3) is 3.15. The van der Waals surface area contributed by atoms with Crippen molar-refractivity contribution in [3.8, 4) is 11.1 Å². The van der Waals surface area contributed by atoms with Gasteiger partial charge in [-0.3, -0.25) is 10.1 Å². The van der Waals surface area contributed by atoms with Crippen LogP contribution in [0.4, 0.5) is 0 Å². The number of fused-ring (bicyclic) bond motifs is 1. The topological polar surface area (TPSA) is 49.3 Å². The van der Waals surface area contributed by atoms with Gasteiger partial charge < -0.3 is 5.11 Å². The summed E-state index contributed by atoms with van der Waals surface area (Å²) >= 11 is 0. The second kappa shape index (κ2) is 6.41. The molecule has 3 rings (SSSR count). The lowest BCUT2D eigenvalue weighted by Gasteiger charge is -2.13. The van der Waals surface area contributed by atoms with Crippen molar-refractivity contribution < 1.29 is 9.90 Å². The summed E-state index contributed by atoms with van der Waals surface area (Å²) in [6.07, 6.45) is 0. The molecule has 1 aromatic rings. The van der Waals surface area contributed by atoms with Gasteiger partial charge in [-0.05, 0) is 34.4 Å². The van der Waals surface area contributed by atoms with Gasteiger partial charge >= 0.3 is 5.97 Å². The fraction of sp³-hybridized carbons (Fsp3) is 0.105. The third-order valence-corrected chi connectivity index (χ3v) is 3.68. The Bertz CT molecular complexity index is 709. The van der Waals surface area contributed by atoms with E-state index >= 15 is 0 Å². The molecule has 0 bridgehead atoms. The van der Waals surface area contributed by atoms with Crippen LogP contribution in [0.3, 0.4) is 0 Å². The van der Waals surface area contributed by atoms with E-state index in [1.54, 1.807) is 0 Å². The minimum Gasteiger partial charge on any atom is -0.480 e. The molecule has 0 fully saturated rings. The van der Waals surface area contributed by atoms with E-state index < -0.39 is 12.0 Å². The van der Waals surface area contributed by atoms with Crippen molar-refractivity contribution in [1.29, 1.82) is 0 Å². The van der Waals surface area contributed by atoms with Crippen molar-refractivity contribution in [2.24, 2.45) is 0 Å². The summed E-state index contributed by atoms with van der Waals surface area (Å²) in [6.45, 7) is 0.521. The molecule has 0 radical (unpaired) electrons. The monoisotopic (exact) mass is 291 g/mol. The van der Waals surface area contributed by atoms with Crippen molar-refractivity contribution in [3.63, 3.8) is 0 Å². The molecule has 0 heterocycles. The first-order valence-electron chi connectivity index (χ1n) is 7.23. The zero-order valence-electron chi connectivity index (χ0n) is 12.1. The molecule has 0 amide bonds.